The van der Waals surface area contributed by atoms with Crippen LogP contribution in [0.3, 0.4) is 0 Å². The van der Waals surface area contributed by atoms with Crippen LogP contribution >= 0.6 is 0 Å². The van der Waals surface area contributed by atoms with Gasteiger partial charge in [0.05, 0.1) is 11.3 Å². The van der Waals surface area contributed by atoms with E-state index in [2.05, 4.69) is 10.2 Å². The monoisotopic (exact) mass is 484 g/mol. The number of hydrogen-bond donors (Lipinski definition) is 1. The van der Waals surface area contributed by atoms with Gasteiger partial charge in [-0.3, -0.25) is 19.7 Å². The predicted octanol–water partition coefficient (Wildman–Crippen LogP) is 4.48. The number of nitro benzene ring substituents is 1. The molecular formula is C27H24N4O5. The Labute approximate surface area is 207 Å². The van der Waals surface area contributed by atoms with Crippen molar-refractivity contribution in [3.8, 4) is 0 Å². The molecule has 9 nitrogen and oxygen atoms in total. The van der Waals surface area contributed by atoms with Crippen LogP contribution in [0.1, 0.15) is 16.1 Å². The van der Waals surface area contributed by atoms with Crippen molar-refractivity contribution >= 4 is 39.8 Å². The number of non-ortho nitro benzene ring substituents is 1. The van der Waals surface area contributed by atoms with Gasteiger partial charge in [0.25, 0.3) is 11.6 Å². The standard InChI is InChI=1S/C27H24N4O5/c32-24(18-19-7-6-10-21(17-19)31(34)35)28-25-22-11-4-5-12-23(22)36-26(25)27(33)30-15-13-29(14-16-30)20-8-2-1-3-9-20/h1-12,17H,13-16,18H2,(H,28,32). The molecule has 0 radical (unpaired) electrons. The number of carbonyl (C=O) groups is 2. The van der Waals surface area contributed by atoms with E-state index in [1.807, 2.05) is 30.3 Å². The van der Waals surface area contributed by atoms with E-state index in [0.717, 1.165) is 5.69 Å². The first-order chi connectivity index (χ1) is 17.5. The smallest absolute Gasteiger partial charge is 0.291 e. The van der Waals surface area contributed by atoms with Crippen molar-refractivity contribution in [2.75, 3.05) is 36.4 Å². The lowest BCUT2D eigenvalue weighted by Gasteiger charge is -2.35. The van der Waals surface area contributed by atoms with Crippen LogP contribution in [0.25, 0.3) is 11.0 Å². The van der Waals surface area contributed by atoms with Gasteiger partial charge >= 0.3 is 0 Å². The quantitative estimate of drug-likeness (QED) is 0.319. The van der Waals surface area contributed by atoms with E-state index in [1.165, 1.54) is 18.2 Å². The topological polar surface area (TPSA) is 109 Å². The van der Waals surface area contributed by atoms with Gasteiger partial charge in [0.15, 0.2) is 0 Å². The third-order valence-electron chi connectivity index (χ3n) is 6.23. The molecule has 0 bridgehead atoms. The van der Waals surface area contributed by atoms with E-state index in [4.69, 9.17) is 4.42 Å². The van der Waals surface area contributed by atoms with Gasteiger partial charge in [-0.1, -0.05) is 42.5 Å². The van der Waals surface area contributed by atoms with Crippen LogP contribution in [0.15, 0.2) is 83.3 Å². The average molecular weight is 485 g/mol. The fourth-order valence-electron chi connectivity index (χ4n) is 4.42. The van der Waals surface area contributed by atoms with Gasteiger partial charge in [-0.2, -0.15) is 0 Å². The van der Waals surface area contributed by atoms with E-state index in [0.29, 0.717) is 48.4 Å². The lowest BCUT2D eigenvalue weighted by Crippen LogP contribution is -2.48. The molecule has 2 amide bonds. The second-order valence-corrected chi connectivity index (χ2v) is 8.57. The summed E-state index contributed by atoms with van der Waals surface area (Å²) in [5.41, 5.74) is 2.34. The van der Waals surface area contributed by atoms with E-state index < -0.39 is 10.8 Å². The fourth-order valence-corrected chi connectivity index (χ4v) is 4.42. The van der Waals surface area contributed by atoms with E-state index in [1.54, 1.807) is 35.2 Å². The van der Waals surface area contributed by atoms with Gasteiger partial charge in [0.2, 0.25) is 11.7 Å². The molecule has 182 valence electrons. The third-order valence-corrected chi connectivity index (χ3v) is 6.23. The number of carbonyl (C=O) groups excluding carboxylic acids is 2. The Morgan fingerprint density at radius 2 is 1.64 bits per heavy atom. The van der Waals surface area contributed by atoms with Crippen molar-refractivity contribution in [3.05, 3.63) is 100 Å². The van der Waals surface area contributed by atoms with Crippen LogP contribution in [0.2, 0.25) is 0 Å². The Morgan fingerprint density at radius 1 is 0.917 bits per heavy atom. The van der Waals surface area contributed by atoms with E-state index in [-0.39, 0.29) is 23.8 Å². The highest BCUT2D eigenvalue weighted by Gasteiger charge is 2.29. The number of furan rings is 1. The predicted molar refractivity (Wildman–Crippen MR) is 136 cm³/mol. The molecule has 1 aliphatic rings. The number of piperazine rings is 1. The third kappa shape index (κ3) is 4.76. The van der Waals surface area contributed by atoms with Crippen molar-refractivity contribution in [2.24, 2.45) is 0 Å². The van der Waals surface area contributed by atoms with Crippen LogP contribution in [-0.4, -0.2) is 47.8 Å². The van der Waals surface area contributed by atoms with Gasteiger partial charge in [-0.15, -0.1) is 0 Å². The maximum Gasteiger partial charge on any atom is 0.291 e. The lowest BCUT2D eigenvalue weighted by molar-refractivity contribution is -0.384. The van der Waals surface area contributed by atoms with Gasteiger partial charge in [-0.05, 0) is 29.8 Å². The maximum atomic E-state index is 13.5. The first-order valence-electron chi connectivity index (χ1n) is 11.6. The molecule has 0 atom stereocenters. The zero-order chi connectivity index (χ0) is 25.1. The van der Waals surface area contributed by atoms with Crippen molar-refractivity contribution < 1.29 is 18.9 Å². The minimum Gasteiger partial charge on any atom is -0.449 e. The number of benzene rings is 3. The number of hydrogen-bond acceptors (Lipinski definition) is 6. The highest BCUT2D eigenvalue weighted by Crippen LogP contribution is 2.32. The number of amides is 2. The summed E-state index contributed by atoms with van der Waals surface area (Å²) in [5.74, 6) is -0.605. The minimum absolute atomic E-state index is 0.0788. The molecule has 1 fully saturated rings. The first kappa shape index (κ1) is 23.1. The van der Waals surface area contributed by atoms with Crippen molar-refractivity contribution in [3.63, 3.8) is 0 Å². The molecule has 0 saturated carbocycles. The molecule has 5 rings (SSSR count). The normalized spacial score (nSPS) is 13.6. The number of nitrogens with one attached hydrogen (secondary N) is 1. The Bertz CT molecular complexity index is 1420. The maximum absolute atomic E-state index is 13.5. The van der Waals surface area contributed by atoms with Crippen LogP contribution < -0.4 is 10.2 Å². The SMILES string of the molecule is O=C(Cc1cccc([N+](=O)[O-])c1)Nc1c(C(=O)N2CCN(c3ccccc3)CC2)oc2ccccc12. The van der Waals surface area contributed by atoms with Crippen molar-refractivity contribution in [1.29, 1.82) is 0 Å². The van der Waals surface area contributed by atoms with Gasteiger partial charge in [0, 0.05) is 49.4 Å². The largest absolute Gasteiger partial charge is 0.449 e. The number of rotatable bonds is 6. The van der Waals surface area contributed by atoms with Crippen LogP contribution in [0.5, 0.6) is 0 Å². The summed E-state index contributed by atoms with van der Waals surface area (Å²) in [5, 5.41) is 14.5. The number of anilines is 2. The van der Waals surface area contributed by atoms with Gasteiger partial charge < -0.3 is 19.5 Å². The summed E-state index contributed by atoms with van der Waals surface area (Å²) >= 11 is 0. The summed E-state index contributed by atoms with van der Waals surface area (Å²) in [7, 11) is 0. The molecule has 1 N–H and O–H groups in total. The highest BCUT2D eigenvalue weighted by molar-refractivity contribution is 6.11. The lowest BCUT2D eigenvalue weighted by atomic mass is 10.1. The minimum atomic E-state index is -0.501. The summed E-state index contributed by atoms with van der Waals surface area (Å²) in [4.78, 5) is 40.9. The van der Waals surface area contributed by atoms with E-state index in [9.17, 15) is 19.7 Å². The zero-order valence-corrected chi connectivity index (χ0v) is 19.4. The molecule has 1 saturated heterocycles. The second kappa shape index (κ2) is 9.91. The van der Waals surface area contributed by atoms with Crippen LogP contribution in [0.4, 0.5) is 17.1 Å². The summed E-state index contributed by atoms with van der Waals surface area (Å²) < 4.78 is 5.92. The van der Waals surface area contributed by atoms with Crippen LogP contribution in [-0.2, 0) is 11.2 Å². The number of nitrogens with zero attached hydrogens (tertiary/aromatic N) is 3. The second-order valence-electron chi connectivity index (χ2n) is 8.57. The number of para-hydroxylation sites is 2. The van der Waals surface area contributed by atoms with Crippen molar-refractivity contribution in [1.82, 2.24) is 4.90 Å². The first-order valence-corrected chi connectivity index (χ1v) is 11.6. The molecule has 0 unspecified atom stereocenters. The average Bonchev–Trinajstić information content (AvgIpc) is 3.27. The number of nitro groups is 1. The van der Waals surface area contributed by atoms with Gasteiger partial charge in [-0.25, -0.2) is 0 Å². The Balaban J connectivity index is 1.35. The molecule has 1 aromatic heterocycles. The Hall–Kier alpha value is -4.66. The van der Waals surface area contributed by atoms with Crippen molar-refractivity contribution in [2.45, 2.75) is 6.42 Å². The summed E-state index contributed by atoms with van der Waals surface area (Å²) in [6.07, 6.45) is -0.0788. The molecule has 36 heavy (non-hydrogen) atoms. The molecular weight excluding hydrogens is 460 g/mol. The molecule has 0 spiro atoms. The van der Waals surface area contributed by atoms with E-state index >= 15 is 0 Å². The molecule has 9 heteroatoms. The molecule has 4 aromatic rings. The highest BCUT2D eigenvalue weighted by atomic mass is 16.6. The summed E-state index contributed by atoms with van der Waals surface area (Å²) in [6, 6.07) is 23.1. The molecule has 0 aliphatic carbocycles. The van der Waals surface area contributed by atoms with Gasteiger partial charge in [0.1, 0.15) is 11.3 Å². The summed E-state index contributed by atoms with van der Waals surface area (Å²) in [6.45, 7) is 2.41. The molecule has 1 aliphatic heterocycles. The Morgan fingerprint density at radius 3 is 2.39 bits per heavy atom. The Kier molecular flexibility index (Phi) is 6.36. The van der Waals surface area contributed by atoms with Crippen LogP contribution in [0, 0.1) is 10.1 Å². The molecule has 3 aromatic carbocycles. The fraction of sp³-hybridized carbons (Fsp3) is 0.185. The molecule has 2 heterocycles. The number of fused-ring (bicyclic) bond motifs is 1. The zero-order valence-electron chi connectivity index (χ0n) is 19.4.